The minimum absolute atomic E-state index is 0.326. The molecule has 3 saturated carbocycles. The number of epoxide rings is 1. The van der Waals surface area contributed by atoms with E-state index < -0.39 is 0 Å². The first kappa shape index (κ1) is 14.7. The number of rotatable bonds is 1. The van der Waals surface area contributed by atoms with Crippen LogP contribution in [-0.4, -0.2) is 18.5 Å². The van der Waals surface area contributed by atoms with E-state index >= 15 is 0 Å². The maximum absolute atomic E-state index is 11.9. The quantitative estimate of drug-likeness (QED) is 0.525. The molecule has 0 spiro atoms. The van der Waals surface area contributed by atoms with Crippen LogP contribution in [0.1, 0.15) is 65.2 Å². The molecule has 7 atom stereocenters. The van der Waals surface area contributed by atoms with E-state index in [9.17, 15) is 4.79 Å². The number of ether oxygens (including phenoxy) is 1. The lowest BCUT2D eigenvalue weighted by Gasteiger charge is -2.57. The van der Waals surface area contributed by atoms with Crippen molar-refractivity contribution in [3.8, 4) is 0 Å². The number of Topliss-reactive ketones (excluding diaryl/α,β-unsaturated/α-hetero) is 1. The van der Waals surface area contributed by atoms with Crippen LogP contribution in [0.2, 0.25) is 0 Å². The highest BCUT2D eigenvalue weighted by molar-refractivity contribution is 5.82. The van der Waals surface area contributed by atoms with Crippen molar-refractivity contribution in [2.24, 2.45) is 34.5 Å². The number of carbonyl (C=O) groups is 1. The Hall–Kier alpha value is -0.630. The van der Waals surface area contributed by atoms with Gasteiger partial charge in [-0.05, 0) is 73.0 Å². The molecule has 1 saturated heterocycles. The Balaban J connectivity index is 1.48. The molecule has 0 bridgehead atoms. The van der Waals surface area contributed by atoms with Gasteiger partial charge in [-0.25, -0.2) is 0 Å². The van der Waals surface area contributed by atoms with Crippen LogP contribution in [0.15, 0.2) is 11.6 Å². The fourth-order valence-electron chi connectivity index (χ4n) is 7.42. The maximum Gasteiger partial charge on any atom is 0.136 e. The van der Waals surface area contributed by atoms with E-state index in [-0.39, 0.29) is 0 Å². The summed E-state index contributed by atoms with van der Waals surface area (Å²) in [5, 5.41) is 0. The Morgan fingerprint density at radius 2 is 1.87 bits per heavy atom. The van der Waals surface area contributed by atoms with E-state index in [1.807, 2.05) is 0 Å². The topological polar surface area (TPSA) is 29.6 Å². The molecule has 0 aromatic heterocycles. The molecule has 5 aliphatic rings. The lowest BCUT2D eigenvalue weighted by Crippen LogP contribution is -2.50. The number of hydrogen-bond donors (Lipinski definition) is 0. The average molecular weight is 314 g/mol. The summed E-state index contributed by atoms with van der Waals surface area (Å²) in [5.41, 5.74) is 2.35. The van der Waals surface area contributed by atoms with Gasteiger partial charge in [0.2, 0.25) is 0 Å². The van der Waals surface area contributed by atoms with E-state index in [4.69, 9.17) is 4.74 Å². The van der Waals surface area contributed by atoms with Gasteiger partial charge >= 0.3 is 0 Å². The Kier molecular flexibility index (Phi) is 3.01. The van der Waals surface area contributed by atoms with E-state index in [1.165, 1.54) is 37.7 Å². The van der Waals surface area contributed by atoms with Crippen molar-refractivity contribution < 1.29 is 9.53 Å². The van der Waals surface area contributed by atoms with Crippen molar-refractivity contribution in [1.82, 2.24) is 0 Å². The normalized spacial score (nSPS) is 54.8. The first-order valence-corrected chi connectivity index (χ1v) is 9.85. The van der Waals surface area contributed by atoms with E-state index in [0.29, 0.717) is 22.7 Å². The zero-order valence-electron chi connectivity index (χ0n) is 14.6. The summed E-state index contributed by atoms with van der Waals surface area (Å²) in [5.74, 6) is 3.87. The third-order valence-corrected chi connectivity index (χ3v) is 8.82. The number of allylic oxidation sites excluding steroid dienone is 2. The highest BCUT2D eigenvalue weighted by atomic mass is 16.6. The molecule has 0 aromatic carbocycles. The number of ketones is 1. The Morgan fingerprint density at radius 3 is 2.65 bits per heavy atom. The van der Waals surface area contributed by atoms with Gasteiger partial charge in [-0.15, -0.1) is 0 Å². The van der Waals surface area contributed by atoms with Gasteiger partial charge in [0.05, 0.1) is 12.7 Å². The number of hydrogen-bond acceptors (Lipinski definition) is 2. The van der Waals surface area contributed by atoms with Crippen LogP contribution >= 0.6 is 0 Å². The molecule has 2 heteroatoms. The molecule has 0 unspecified atom stereocenters. The Morgan fingerprint density at radius 1 is 1.09 bits per heavy atom. The van der Waals surface area contributed by atoms with Gasteiger partial charge in [0, 0.05) is 12.8 Å². The number of fused-ring (bicyclic) bond motifs is 5. The second-order valence-corrected chi connectivity index (χ2v) is 9.57. The van der Waals surface area contributed by atoms with Gasteiger partial charge in [-0.1, -0.05) is 25.5 Å². The van der Waals surface area contributed by atoms with Crippen LogP contribution in [0.3, 0.4) is 0 Å². The lowest BCUT2D eigenvalue weighted by atomic mass is 9.47. The molecule has 4 aliphatic carbocycles. The van der Waals surface area contributed by atoms with Crippen LogP contribution in [0.4, 0.5) is 0 Å². The molecule has 23 heavy (non-hydrogen) atoms. The average Bonchev–Trinajstić information content (AvgIpc) is 3.29. The van der Waals surface area contributed by atoms with Gasteiger partial charge in [0.1, 0.15) is 5.78 Å². The Bertz CT molecular complexity index is 574. The number of carbonyl (C=O) groups excluding carboxylic acids is 1. The van der Waals surface area contributed by atoms with Crippen LogP contribution in [0.5, 0.6) is 0 Å². The monoisotopic (exact) mass is 314 g/mol. The summed E-state index contributed by atoms with van der Waals surface area (Å²) in [7, 11) is 0. The molecular formula is C21H30O2. The van der Waals surface area contributed by atoms with Gasteiger partial charge < -0.3 is 4.74 Å². The van der Waals surface area contributed by atoms with Crippen LogP contribution in [0.25, 0.3) is 0 Å². The molecule has 126 valence electrons. The SMILES string of the molecule is C[C@]12CC[C@H]3[C@@H](CC=C4CC(=O)CC[C@@]43C)[C@@H]1CC[C@@H]2[C@H]1CO1. The molecule has 0 N–H and O–H groups in total. The van der Waals surface area contributed by atoms with Crippen molar-refractivity contribution >= 4 is 5.78 Å². The summed E-state index contributed by atoms with van der Waals surface area (Å²) in [6.07, 6.45) is 12.6. The molecule has 4 fully saturated rings. The smallest absolute Gasteiger partial charge is 0.136 e. The largest absolute Gasteiger partial charge is 0.373 e. The molecule has 0 amide bonds. The summed E-state index contributed by atoms with van der Waals surface area (Å²) in [6.45, 7) is 6.09. The van der Waals surface area contributed by atoms with Gasteiger partial charge in [-0.3, -0.25) is 4.79 Å². The minimum atomic E-state index is 0.326. The maximum atomic E-state index is 11.9. The molecule has 0 radical (unpaired) electrons. The van der Waals surface area contributed by atoms with Crippen molar-refractivity contribution in [1.29, 1.82) is 0 Å². The molecule has 2 nitrogen and oxygen atoms in total. The molecule has 1 aliphatic heterocycles. The second-order valence-electron chi connectivity index (χ2n) is 9.57. The van der Waals surface area contributed by atoms with Crippen molar-refractivity contribution in [3.63, 3.8) is 0 Å². The van der Waals surface area contributed by atoms with Crippen LogP contribution in [-0.2, 0) is 9.53 Å². The van der Waals surface area contributed by atoms with E-state index in [2.05, 4.69) is 19.9 Å². The second kappa shape index (κ2) is 4.71. The predicted octanol–water partition coefficient (Wildman–Crippen LogP) is 4.53. The highest BCUT2D eigenvalue weighted by Crippen LogP contribution is 2.67. The molecule has 0 aromatic rings. The van der Waals surface area contributed by atoms with Crippen molar-refractivity contribution in [2.75, 3.05) is 6.61 Å². The first-order chi connectivity index (χ1) is 11.0. The van der Waals surface area contributed by atoms with Gasteiger partial charge in [0.25, 0.3) is 0 Å². The van der Waals surface area contributed by atoms with Gasteiger partial charge in [0.15, 0.2) is 0 Å². The van der Waals surface area contributed by atoms with E-state index in [1.54, 1.807) is 0 Å². The summed E-state index contributed by atoms with van der Waals surface area (Å²) < 4.78 is 5.71. The minimum Gasteiger partial charge on any atom is -0.373 e. The fourth-order valence-corrected chi connectivity index (χ4v) is 7.42. The lowest BCUT2D eigenvalue weighted by molar-refractivity contribution is -0.122. The fraction of sp³-hybridized carbons (Fsp3) is 0.857. The highest BCUT2D eigenvalue weighted by Gasteiger charge is 2.61. The third-order valence-electron chi connectivity index (χ3n) is 8.82. The molecule has 5 rings (SSSR count). The molecular weight excluding hydrogens is 284 g/mol. The standard InChI is InChI=1S/C21H30O2/c1-20-9-7-14(22)11-13(20)3-4-15-16-5-6-18(19-12-23-19)21(16,2)10-8-17(15)20/h3,15-19H,4-12H2,1-2H3/t15-,16-,17-,18+,19+,20-,21-/m0/s1. The zero-order chi connectivity index (χ0) is 15.8. The third kappa shape index (κ3) is 1.94. The van der Waals surface area contributed by atoms with Gasteiger partial charge in [-0.2, -0.15) is 0 Å². The van der Waals surface area contributed by atoms with E-state index in [0.717, 1.165) is 49.5 Å². The summed E-state index contributed by atoms with van der Waals surface area (Å²) in [4.78, 5) is 11.9. The van der Waals surface area contributed by atoms with Crippen LogP contribution in [0, 0.1) is 34.5 Å². The zero-order valence-corrected chi connectivity index (χ0v) is 14.6. The Labute approximate surface area is 140 Å². The summed E-state index contributed by atoms with van der Waals surface area (Å²) in [6, 6.07) is 0. The van der Waals surface area contributed by atoms with Crippen molar-refractivity contribution in [2.45, 2.75) is 71.3 Å². The summed E-state index contributed by atoms with van der Waals surface area (Å²) >= 11 is 0. The molecule has 1 heterocycles. The first-order valence-electron chi connectivity index (χ1n) is 9.85. The van der Waals surface area contributed by atoms with Crippen LogP contribution < -0.4 is 0 Å². The van der Waals surface area contributed by atoms with Crippen molar-refractivity contribution in [3.05, 3.63) is 11.6 Å². The predicted molar refractivity (Wildman–Crippen MR) is 89.9 cm³/mol.